The van der Waals surface area contributed by atoms with Gasteiger partial charge in [0.05, 0.1) is 23.4 Å². The molecule has 0 aromatic rings. The average Bonchev–Trinajstić information content (AvgIpc) is 2.89. The first-order valence-electron chi connectivity index (χ1n) is 16.5. The minimum atomic E-state index is -0.502. The number of aliphatic hydroxyl groups is 2. The van der Waals surface area contributed by atoms with Gasteiger partial charge in [-0.1, -0.05) is 106 Å². The largest absolute Gasteiger partial charge is 0.512 e. The third-order valence-electron chi connectivity index (χ3n) is 10.6. The lowest BCUT2D eigenvalue weighted by Gasteiger charge is -2.55. The van der Waals surface area contributed by atoms with E-state index in [-0.39, 0.29) is 46.8 Å². The van der Waals surface area contributed by atoms with Crippen LogP contribution in [0.3, 0.4) is 0 Å². The maximum Gasteiger partial charge on any atom is 0.312 e. The molecule has 0 spiro atoms. The zero-order valence-corrected chi connectivity index (χ0v) is 31.5. The van der Waals surface area contributed by atoms with E-state index in [0.29, 0.717) is 35.9 Å². The van der Waals surface area contributed by atoms with Gasteiger partial charge < -0.3 is 19.7 Å². The summed E-state index contributed by atoms with van der Waals surface area (Å²) in [6.45, 7) is 30.0. The normalized spacial score (nSPS) is 20.2. The fraction of sp³-hybridized carbons (Fsp3) is 0.737. The lowest BCUT2D eigenvalue weighted by molar-refractivity contribution is -0.147. The lowest BCUT2D eigenvalue weighted by Crippen LogP contribution is -2.49. The quantitative estimate of drug-likeness (QED) is 0.180. The highest BCUT2D eigenvalue weighted by Gasteiger charge is 2.56. The molecule has 2 aliphatic carbocycles. The molecule has 0 fully saturated rings. The summed E-state index contributed by atoms with van der Waals surface area (Å²) in [7, 11) is 0. The van der Waals surface area contributed by atoms with Gasteiger partial charge in [-0.2, -0.15) is 11.8 Å². The summed E-state index contributed by atoms with van der Waals surface area (Å²) in [6, 6.07) is 0. The molecule has 0 aromatic carbocycles. The van der Waals surface area contributed by atoms with Crippen molar-refractivity contribution in [1.82, 2.24) is 0 Å². The predicted molar refractivity (Wildman–Crippen MR) is 187 cm³/mol. The van der Waals surface area contributed by atoms with E-state index in [9.17, 15) is 19.8 Å². The van der Waals surface area contributed by atoms with Gasteiger partial charge in [-0.25, -0.2) is 0 Å². The maximum absolute atomic E-state index is 13.0. The summed E-state index contributed by atoms with van der Waals surface area (Å²) in [6.07, 6.45) is 8.45. The summed E-state index contributed by atoms with van der Waals surface area (Å²) < 4.78 is 11.3. The van der Waals surface area contributed by atoms with Crippen LogP contribution in [-0.4, -0.2) is 46.9 Å². The Bertz CT molecular complexity index is 1080. The number of carbonyl (C=O) groups excluding carboxylic acids is 2. The van der Waals surface area contributed by atoms with Gasteiger partial charge in [0.1, 0.15) is 13.2 Å². The Morgan fingerprint density at radius 2 is 0.933 bits per heavy atom. The van der Waals surface area contributed by atoms with Crippen molar-refractivity contribution in [2.45, 2.75) is 110 Å². The van der Waals surface area contributed by atoms with E-state index >= 15 is 0 Å². The van der Waals surface area contributed by atoms with E-state index in [4.69, 9.17) is 9.47 Å². The van der Waals surface area contributed by atoms with Crippen LogP contribution in [0.2, 0.25) is 0 Å². The van der Waals surface area contributed by atoms with Crippen LogP contribution in [-0.2, 0) is 19.1 Å². The van der Waals surface area contributed by atoms with Crippen LogP contribution in [0, 0.1) is 44.3 Å². The van der Waals surface area contributed by atoms with Crippen molar-refractivity contribution < 1.29 is 29.3 Å². The first-order valence-corrected chi connectivity index (χ1v) is 17.6. The van der Waals surface area contributed by atoms with Crippen molar-refractivity contribution in [3.63, 3.8) is 0 Å². The van der Waals surface area contributed by atoms with Crippen LogP contribution in [0.5, 0.6) is 0 Å². The van der Waals surface area contributed by atoms with Gasteiger partial charge in [-0.05, 0) is 60.5 Å². The smallest absolute Gasteiger partial charge is 0.312 e. The number of hydrogen-bond acceptors (Lipinski definition) is 7. The van der Waals surface area contributed by atoms with Gasteiger partial charge in [0, 0.05) is 22.3 Å². The van der Waals surface area contributed by atoms with Crippen LogP contribution in [0.25, 0.3) is 0 Å². The number of esters is 2. The van der Waals surface area contributed by atoms with E-state index < -0.39 is 22.7 Å². The molecule has 0 saturated heterocycles. The van der Waals surface area contributed by atoms with Crippen LogP contribution in [0.4, 0.5) is 0 Å². The number of ether oxygens (including phenoxy) is 2. The van der Waals surface area contributed by atoms with E-state index in [1.807, 2.05) is 26.0 Å². The molecule has 0 saturated carbocycles. The van der Waals surface area contributed by atoms with Gasteiger partial charge in [0.25, 0.3) is 0 Å². The molecule has 0 aromatic heterocycles. The summed E-state index contributed by atoms with van der Waals surface area (Å²) in [5.74, 6) is 0.592. The Kier molecular flexibility index (Phi) is 12.1. The van der Waals surface area contributed by atoms with Crippen LogP contribution < -0.4 is 0 Å². The third-order valence-corrected chi connectivity index (χ3v) is 11.5. The number of carbonyl (C=O) groups is 2. The van der Waals surface area contributed by atoms with Crippen molar-refractivity contribution in [2.75, 3.05) is 24.7 Å². The Morgan fingerprint density at radius 3 is 1.20 bits per heavy atom. The van der Waals surface area contributed by atoms with Crippen LogP contribution in [0.1, 0.15) is 110 Å². The number of rotatable bonds is 10. The summed E-state index contributed by atoms with van der Waals surface area (Å²) in [5.41, 5.74) is 0.0606. The molecule has 256 valence electrons. The second-order valence-corrected chi connectivity index (χ2v) is 18.4. The molecule has 2 rings (SSSR count). The van der Waals surface area contributed by atoms with Crippen molar-refractivity contribution in [3.05, 3.63) is 47.0 Å². The van der Waals surface area contributed by atoms with E-state index in [1.54, 1.807) is 23.9 Å². The minimum Gasteiger partial charge on any atom is -0.512 e. The van der Waals surface area contributed by atoms with Gasteiger partial charge in [0.2, 0.25) is 0 Å². The molecular formula is C38H62O6S. The van der Waals surface area contributed by atoms with Crippen molar-refractivity contribution in [1.29, 1.82) is 0 Å². The molecule has 2 atom stereocenters. The number of hydrogen-bond donors (Lipinski definition) is 2. The summed E-state index contributed by atoms with van der Waals surface area (Å²) in [4.78, 5) is 26.0. The van der Waals surface area contributed by atoms with Gasteiger partial charge in [0.15, 0.2) is 0 Å². The van der Waals surface area contributed by atoms with Crippen molar-refractivity contribution in [3.8, 4) is 0 Å². The number of aliphatic hydroxyl groups excluding tert-OH is 2. The van der Waals surface area contributed by atoms with Crippen molar-refractivity contribution >= 4 is 23.7 Å². The first kappa shape index (κ1) is 39.0. The molecule has 2 N–H and O–H groups in total. The minimum absolute atomic E-state index is 0.219. The molecule has 0 amide bonds. The number of thioether (sulfide) groups is 1. The molecule has 2 aliphatic rings. The molecule has 6 nitrogen and oxygen atoms in total. The molecule has 0 aliphatic heterocycles. The average molecular weight is 647 g/mol. The standard InChI is InChI=1S/C38H62O6S/c1-25(27-15-17-29(39)37(23-27,33(3,4)5)34(6,7)8)31(41)43-19-21-45-22-20-44-32(42)26(2)28-16-18-30(40)38(24-28,35(9,10)11)36(12,13)14/h15-18,25-26,39-40H,19-24H2,1-14H3. The molecule has 2 unspecified atom stereocenters. The molecular weight excluding hydrogens is 584 g/mol. The topological polar surface area (TPSA) is 93.1 Å². The Balaban J connectivity index is 1.85. The SMILES string of the molecule is CC(C(=O)OCCSCCOC(=O)C(C)C1=CC=C(O)C(C(C)(C)C)(C(C)(C)C)C1)C1=CC=C(O)C(C(C)(C)C)(C(C)(C)C)C1. The second-order valence-electron chi connectivity index (χ2n) is 17.1. The monoisotopic (exact) mass is 646 g/mol. The fourth-order valence-electron chi connectivity index (χ4n) is 8.07. The fourth-order valence-corrected chi connectivity index (χ4v) is 8.67. The van der Waals surface area contributed by atoms with Crippen molar-refractivity contribution in [2.24, 2.45) is 44.3 Å². The van der Waals surface area contributed by atoms with E-state index in [0.717, 1.165) is 11.1 Å². The van der Waals surface area contributed by atoms with E-state index in [2.05, 4.69) is 83.1 Å². The lowest BCUT2D eigenvalue weighted by atomic mass is 9.49. The van der Waals surface area contributed by atoms with Gasteiger partial charge in [-0.15, -0.1) is 0 Å². The molecule has 45 heavy (non-hydrogen) atoms. The highest BCUT2D eigenvalue weighted by molar-refractivity contribution is 7.99. The summed E-state index contributed by atoms with van der Waals surface area (Å²) >= 11 is 1.58. The molecule has 7 heteroatoms. The molecule has 0 heterocycles. The molecule has 0 radical (unpaired) electrons. The Hall–Kier alpha value is -2.15. The third kappa shape index (κ3) is 7.88. The molecule has 0 bridgehead atoms. The summed E-state index contributed by atoms with van der Waals surface area (Å²) in [5, 5.41) is 22.1. The maximum atomic E-state index is 13.0. The number of allylic oxidation sites excluding steroid dienone is 6. The Labute approximate surface area is 278 Å². The van der Waals surface area contributed by atoms with Crippen LogP contribution >= 0.6 is 11.8 Å². The van der Waals surface area contributed by atoms with E-state index in [1.165, 1.54) is 0 Å². The predicted octanol–water partition coefficient (Wildman–Crippen LogP) is 9.78. The zero-order valence-electron chi connectivity index (χ0n) is 30.6. The highest BCUT2D eigenvalue weighted by atomic mass is 32.2. The highest BCUT2D eigenvalue weighted by Crippen LogP contribution is 2.62. The Morgan fingerprint density at radius 1 is 0.644 bits per heavy atom. The first-order chi connectivity index (χ1) is 20.3. The van der Waals surface area contributed by atoms with Crippen LogP contribution in [0.15, 0.2) is 47.0 Å². The van der Waals surface area contributed by atoms with Gasteiger partial charge >= 0.3 is 11.9 Å². The zero-order chi connectivity index (χ0) is 34.8. The van der Waals surface area contributed by atoms with Gasteiger partial charge in [-0.3, -0.25) is 9.59 Å². The second kappa shape index (κ2) is 13.9.